The van der Waals surface area contributed by atoms with Crippen molar-refractivity contribution in [2.45, 2.75) is 0 Å². The molecule has 2 aromatic rings. The number of oxime groups is 1. The molecule has 0 aliphatic heterocycles. The van der Waals surface area contributed by atoms with Gasteiger partial charge in [0.25, 0.3) is 0 Å². The van der Waals surface area contributed by atoms with Gasteiger partial charge in [0.15, 0.2) is 5.84 Å². The van der Waals surface area contributed by atoms with Crippen LogP contribution in [0.15, 0.2) is 35.7 Å². The van der Waals surface area contributed by atoms with E-state index in [2.05, 4.69) is 32.8 Å². The predicted octanol–water partition coefficient (Wildman–Crippen LogP) is 1.71. The van der Waals surface area contributed by atoms with E-state index in [9.17, 15) is 4.39 Å². The number of aromatic nitrogens is 2. The van der Waals surface area contributed by atoms with E-state index in [1.807, 2.05) is 0 Å². The van der Waals surface area contributed by atoms with Crippen LogP contribution in [0.1, 0.15) is 5.56 Å². The highest BCUT2D eigenvalue weighted by molar-refractivity contribution is 14.1. The molecule has 0 unspecified atom stereocenters. The second kappa shape index (κ2) is 4.70. The van der Waals surface area contributed by atoms with Crippen LogP contribution >= 0.6 is 22.6 Å². The highest BCUT2D eigenvalue weighted by Crippen LogP contribution is 2.16. The van der Waals surface area contributed by atoms with Crippen molar-refractivity contribution in [3.8, 4) is 5.69 Å². The average molecular weight is 346 g/mol. The molecule has 0 saturated carbocycles. The monoisotopic (exact) mass is 346 g/mol. The molecule has 7 heteroatoms. The highest BCUT2D eigenvalue weighted by atomic mass is 127. The molecule has 0 radical (unpaired) electrons. The number of nitrogens with two attached hydrogens (primary N) is 1. The standard InChI is InChI=1S/C10H8FIN4O/c11-6-1-2-9(8(3-6)10(13)15-17)16-5-7(12)4-14-16/h1-5,17H,(H2,13,15). The van der Waals surface area contributed by atoms with Gasteiger partial charge in [-0.05, 0) is 40.8 Å². The van der Waals surface area contributed by atoms with Crippen LogP contribution in [0.4, 0.5) is 4.39 Å². The van der Waals surface area contributed by atoms with E-state index in [1.165, 1.54) is 22.9 Å². The fourth-order valence-corrected chi connectivity index (χ4v) is 1.79. The van der Waals surface area contributed by atoms with Gasteiger partial charge >= 0.3 is 0 Å². The molecule has 1 heterocycles. The molecule has 1 aromatic carbocycles. The number of hydrogen-bond donors (Lipinski definition) is 2. The first kappa shape index (κ1) is 11.8. The maximum atomic E-state index is 13.1. The molecule has 0 fully saturated rings. The van der Waals surface area contributed by atoms with Crippen LogP contribution in [-0.4, -0.2) is 20.8 Å². The molecule has 0 bridgehead atoms. The molecule has 0 aliphatic rings. The van der Waals surface area contributed by atoms with Crippen molar-refractivity contribution in [2.75, 3.05) is 0 Å². The first-order valence-electron chi connectivity index (χ1n) is 4.60. The number of halogens is 2. The summed E-state index contributed by atoms with van der Waals surface area (Å²) in [4.78, 5) is 0. The van der Waals surface area contributed by atoms with Crippen LogP contribution in [0.3, 0.4) is 0 Å². The largest absolute Gasteiger partial charge is 0.409 e. The Hall–Kier alpha value is -1.64. The van der Waals surface area contributed by atoms with Gasteiger partial charge in [-0.15, -0.1) is 0 Å². The second-order valence-corrected chi connectivity index (χ2v) is 4.50. The number of amidine groups is 1. The Balaban J connectivity index is 2.61. The van der Waals surface area contributed by atoms with Gasteiger partial charge in [-0.2, -0.15) is 5.10 Å². The van der Waals surface area contributed by atoms with Crippen LogP contribution in [0, 0.1) is 9.39 Å². The van der Waals surface area contributed by atoms with Gasteiger partial charge in [-0.1, -0.05) is 5.16 Å². The lowest BCUT2D eigenvalue weighted by atomic mass is 10.1. The minimum absolute atomic E-state index is 0.162. The van der Waals surface area contributed by atoms with Crippen molar-refractivity contribution in [3.05, 3.63) is 45.5 Å². The number of benzene rings is 1. The summed E-state index contributed by atoms with van der Waals surface area (Å²) in [5.41, 5.74) is 6.33. The Morgan fingerprint density at radius 2 is 2.29 bits per heavy atom. The van der Waals surface area contributed by atoms with E-state index in [1.54, 1.807) is 12.4 Å². The topological polar surface area (TPSA) is 76.4 Å². The third-order valence-electron chi connectivity index (χ3n) is 2.14. The molecule has 0 amide bonds. The van der Waals surface area contributed by atoms with Gasteiger partial charge in [-0.3, -0.25) is 0 Å². The molecule has 5 nitrogen and oxygen atoms in total. The molecule has 0 saturated heterocycles. The molecular formula is C10H8FIN4O. The number of hydrogen-bond acceptors (Lipinski definition) is 3. The Kier molecular flexibility index (Phi) is 3.27. The molecule has 0 spiro atoms. The van der Waals surface area contributed by atoms with Crippen molar-refractivity contribution < 1.29 is 9.60 Å². The zero-order chi connectivity index (χ0) is 12.4. The van der Waals surface area contributed by atoms with Crippen molar-refractivity contribution in [3.63, 3.8) is 0 Å². The number of nitrogens with zero attached hydrogens (tertiary/aromatic N) is 3. The van der Waals surface area contributed by atoms with E-state index in [0.717, 1.165) is 3.57 Å². The highest BCUT2D eigenvalue weighted by Gasteiger charge is 2.11. The minimum atomic E-state index is -0.461. The third-order valence-corrected chi connectivity index (χ3v) is 2.70. The predicted molar refractivity (Wildman–Crippen MR) is 68.7 cm³/mol. The molecule has 3 N–H and O–H groups in total. The van der Waals surface area contributed by atoms with Crippen molar-refractivity contribution >= 4 is 28.4 Å². The minimum Gasteiger partial charge on any atom is -0.409 e. The zero-order valence-electron chi connectivity index (χ0n) is 8.51. The zero-order valence-corrected chi connectivity index (χ0v) is 10.7. The smallest absolute Gasteiger partial charge is 0.172 e. The molecule has 1 aromatic heterocycles. The lowest BCUT2D eigenvalue weighted by molar-refractivity contribution is 0.318. The number of rotatable bonds is 2. The summed E-state index contributed by atoms with van der Waals surface area (Å²) < 4.78 is 15.6. The quantitative estimate of drug-likeness (QED) is 0.286. The van der Waals surface area contributed by atoms with Crippen molar-refractivity contribution in [2.24, 2.45) is 10.9 Å². The van der Waals surface area contributed by atoms with E-state index >= 15 is 0 Å². The van der Waals surface area contributed by atoms with Crippen LogP contribution in [0.2, 0.25) is 0 Å². The third kappa shape index (κ3) is 2.38. The molecule has 2 rings (SSSR count). The Bertz CT molecular complexity index is 581. The molecule has 17 heavy (non-hydrogen) atoms. The lowest BCUT2D eigenvalue weighted by Gasteiger charge is -2.08. The van der Waals surface area contributed by atoms with Gasteiger partial charge in [0, 0.05) is 11.8 Å². The lowest BCUT2D eigenvalue weighted by Crippen LogP contribution is -2.17. The van der Waals surface area contributed by atoms with Crippen LogP contribution in [-0.2, 0) is 0 Å². The molecule has 0 atom stereocenters. The van der Waals surface area contributed by atoms with Crippen LogP contribution < -0.4 is 5.73 Å². The van der Waals surface area contributed by atoms with E-state index in [0.29, 0.717) is 5.69 Å². The van der Waals surface area contributed by atoms with Gasteiger partial charge in [0.1, 0.15) is 5.82 Å². The van der Waals surface area contributed by atoms with Gasteiger partial charge < -0.3 is 10.9 Å². The summed E-state index contributed by atoms with van der Waals surface area (Å²) in [6.45, 7) is 0. The Morgan fingerprint density at radius 3 is 2.88 bits per heavy atom. The van der Waals surface area contributed by atoms with Crippen LogP contribution in [0.5, 0.6) is 0 Å². The van der Waals surface area contributed by atoms with Crippen molar-refractivity contribution in [1.82, 2.24) is 9.78 Å². The Labute approximate surface area is 110 Å². The van der Waals surface area contributed by atoms with Gasteiger partial charge in [-0.25, -0.2) is 9.07 Å². The first-order chi connectivity index (χ1) is 8.11. The maximum absolute atomic E-state index is 13.1. The second-order valence-electron chi connectivity index (χ2n) is 3.25. The summed E-state index contributed by atoms with van der Waals surface area (Å²) in [5.74, 6) is -0.623. The van der Waals surface area contributed by atoms with Gasteiger partial charge in [0.2, 0.25) is 0 Å². The first-order valence-corrected chi connectivity index (χ1v) is 5.67. The normalized spacial score (nSPS) is 11.8. The average Bonchev–Trinajstić information content (AvgIpc) is 2.74. The molecule has 88 valence electrons. The van der Waals surface area contributed by atoms with Crippen LogP contribution in [0.25, 0.3) is 5.69 Å². The van der Waals surface area contributed by atoms with Gasteiger partial charge in [0.05, 0.1) is 15.5 Å². The fourth-order valence-electron chi connectivity index (χ4n) is 1.40. The van der Waals surface area contributed by atoms with E-state index in [4.69, 9.17) is 10.9 Å². The summed E-state index contributed by atoms with van der Waals surface area (Å²) in [6, 6.07) is 4.00. The molecular weight excluding hydrogens is 338 g/mol. The summed E-state index contributed by atoms with van der Waals surface area (Å²) in [7, 11) is 0. The maximum Gasteiger partial charge on any atom is 0.172 e. The fraction of sp³-hybridized carbons (Fsp3) is 0. The molecule has 0 aliphatic carbocycles. The van der Waals surface area contributed by atoms with Crippen molar-refractivity contribution in [1.29, 1.82) is 0 Å². The summed E-state index contributed by atoms with van der Waals surface area (Å²) >= 11 is 2.10. The SMILES string of the molecule is NC(=NO)c1cc(F)ccc1-n1cc(I)cn1. The Morgan fingerprint density at radius 1 is 1.53 bits per heavy atom. The van der Waals surface area contributed by atoms with E-state index < -0.39 is 5.82 Å². The summed E-state index contributed by atoms with van der Waals surface area (Å²) in [6.07, 6.45) is 3.40. The van der Waals surface area contributed by atoms with E-state index in [-0.39, 0.29) is 11.4 Å². The summed E-state index contributed by atoms with van der Waals surface area (Å²) in [5, 5.41) is 15.6.